The zero-order valence-corrected chi connectivity index (χ0v) is 14.5. The first-order valence-corrected chi connectivity index (χ1v) is 8.16. The molecule has 0 aliphatic rings. The Balaban J connectivity index is 1.80. The van der Waals surface area contributed by atoms with Gasteiger partial charge in [-0.3, -0.25) is 9.59 Å². The Morgan fingerprint density at radius 1 is 1.15 bits per heavy atom. The summed E-state index contributed by atoms with van der Waals surface area (Å²) in [6.07, 6.45) is -3.51. The highest BCUT2D eigenvalue weighted by Crippen LogP contribution is 2.29. The van der Waals surface area contributed by atoms with Crippen molar-refractivity contribution in [3.63, 3.8) is 0 Å². The van der Waals surface area contributed by atoms with E-state index in [0.29, 0.717) is 35.6 Å². The number of hydrogen-bond acceptors (Lipinski definition) is 3. The molecular formula is C18H20F3N3O2. The van der Waals surface area contributed by atoms with Gasteiger partial charge in [0.15, 0.2) is 0 Å². The van der Waals surface area contributed by atoms with Crippen LogP contribution in [0.1, 0.15) is 34.6 Å². The molecule has 8 heteroatoms. The molecule has 0 fully saturated rings. The predicted molar refractivity (Wildman–Crippen MR) is 90.8 cm³/mol. The van der Waals surface area contributed by atoms with Crippen LogP contribution in [0.5, 0.6) is 0 Å². The van der Waals surface area contributed by atoms with E-state index < -0.39 is 11.7 Å². The summed E-state index contributed by atoms with van der Waals surface area (Å²) in [5.41, 5.74) is 0.843. The minimum atomic E-state index is -4.35. The van der Waals surface area contributed by atoms with Gasteiger partial charge in [-0.25, -0.2) is 4.98 Å². The molecule has 0 aliphatic heterocycles. The summed E-state index contributed by atoms with van der Waals surface area (Å²) in [5, 5.41) is 2.70. The quantitative estimate of drug-likeness (QED) is 0.824. The Hall–Kier alpha value is -2.64. The molecule has 0 radical (unpaired) electrons. The fourth-order valence-electron chi connectivity index (χ4n) is 2.58. The molecule has 0 saturated carbocycles. The molecule has 5 nitrogen and oxygen atoms in total. The predicted octanol–water partition coefficient (Wildman–Crippen LogP) is 2.70. The molecule has 26 heavy (non-hydrogen) atoms. The van der Waals surface area contributed by atoms with Crippen LogP contribution in [0.4, 0.5) is 13.2 Å². The van der Waals surface area contributed by atoms with Crippen molar-refractivity contribution in [3.8, 4) is 0 Å². The van der Waals surface area contributed by atoms with Crippen LogP contribution in [0.15, 0.2) is 29.1 Å². The first-order valence-electron chi connectivity index (χ1n) is 8.16. The summed E-state index contributed by atoms with van der Waals surface area (Å²) in [5.74, 6) is 0.300. The van der Waals surface area contributed by atoms with Crippen molar-refractivity contribution in [1.29, 1.82) is 0 Å². The molecule has 1 aromatic heterocycles. The van der Waals surface area contributed by atoms with Gasteiger partial charge in [0.2, 0.25) is 5.91 Å². The molecule has 0 unspecified atom stereocenters. The molecule has 0 aliphatic carbocycles. The fraction of sp³-hybridized carbons (Fsp3) is 0.389. The third kappa shape index (κ3) is 5.44. The largest absolute Gasteiger partial charge is 0.416 e. The first kappa shape index (κ1) is 19.7. The number of rotatable bonds is 6. The normalized spacial score (nSPS) is 11.4. The molecule has 2 aromatic rings. The van der Waals surface area contributed by atoms with E-state index in [2.05, 4.69) is 15.3 Å². The van der Waals surface area contributed by atoms with Crippen molar-refractivity contribution in [1.82, 2.24) is 15.3 Å². The maximum atomic E-state index is 12.5. The van der Waals surface area contributed by atoms with Gasteiger partial charge in [0, 0.05) is 24.2 Å². The summed E-state index contributed by atoms with van der Waals surface area (Å²) in [6.45, 7) is 3.72. The highest BCUT2D eigenvalue weighted by Gasteiger charge is 2.29. The van der Waals surface area contributed by atoms with Crippen molar-refractivity contribution >= 4 is 5.91 Å². The van der Waals surface area contributed by atoms with E-state index in [1.54, 1.807) is 13.8 Å². The van der Waals surface area contributed by atoms with Gasteiger partial charge >= 0.3 is 6.18 Å². The van der Waals surface area contributed by atoms with E-state index >= 15 is 0 Å². The smallest absolute Gasteiger partial charge is 0.356 e. The molecule has 1 heterocycles. The maximum Gasteiger partial charge on any atom is 0.416 e. The van der Waals surface area contributed by atoms with Crippen LogP contribution >= 0.6 is 0 Å². The molecular weight excluding hydrogens is 347 g/mol. The maximum absolute atomic E-state index is 12.5. The zero-order valence-electron chi connectivity index (χ0n) is 14.5. The second-order valence-corrected chi connectivity index (χ2v) is 6.01. The summed E-state index contributed by atoms with van der Waals surface area (Å²) in [4.78, 5) is 30.5. The number of aromatic nitrogens is 2. The number of carbonyl (C=O) groups excluding carboxylic acids is 1. The van der Waals surface area contributed by atoms with Crippen LogP contribution < -0.4 is 10.9 Å². The SMILES string of the molecule is Cc1nc(C)c(CCC(=O)NCCc2ccc(C(F)(F)F)cc2)c(=O)[nH]1. The Bertz CT molecular complexity index is 827. The van der Waals surface area contributed by atoms with Crippen LogP contribution in [0, 0.1) is 13.8 Å². The van der Waals surface area contributed by atoms with Crippen LogP contribution in [0.2, 0.25) is 0 Å². The fourth-order valence-corrected chi connectivity index (χ4v) is 2.58. The third-order valence-electron chi connectivity index (χ3n) is 3.96. The number of alkyl halides is 3. The van der Waals surface area contributed by atoms with Gasteiger partial charge in [-0.1, -0.05) is 12.1 Å². The Labute approximate surface area is 148 Å². The van der Waals surface area contributed by atoms with Gasteiger partial charge in [0.05, 0.1) is 5.56 Å². The summed E-state index contributed by atoms with van der Waals surface area (Å²) < 4.78 is 37.5. The molecule has 140 valence electrons. The number of carbonyl (C=O) groups is 1. The highest BCUT2D eigenvalue weighted by molar-refractivity contribution is 5.76. The summed E-state index contributed by atoms with van der Waals surface area (Å²) >= 11 is 0. The Morgan fingerprint density at radius 3 is 2.38 bits per heavy atom. The second kappa shape index (κ2) is 8.16. The summed E-state index contributed by atoms with van der Waals surface area (Å²) in [6, 6.07) is 4.85. The number of amides is 1. The molecule has 0 atom stereocenters. The topological polar surface area (TPSA) is 74.8 Å². The van der Waals surface area contributed by atoms with Crippen molar-refractivity contribution < 1.29 is 18.0 Å². The van der Waals surface area contributed by atoms with Crippen LogP contribution in [0.3, 0.4) is 0 Å². The van der Waals surface area contributed by atoms with E-state index in [1.807, 2.05) is 0 Å². The van der Waals surface area contributed by atoms with Gasteiger partial charge in [-0.15, -0.1) is 0 Å². The van der Waals surface area contributed by atoms with Gasteiger partial charge in [0.1, 0.15) is 5.82 Å². The number of nitrogens with one attached hydrogen (secondary N) is 2. The van der Waals surface area contributed by atoms with Gasteiger partial charge in [-0.2, -0.15) is 13.2 Å². The van der Waals surface area contributed by atoms with Crippen LogP contribution in [-0.4, -0.2) is 22.4 Å². The summed E-state index contributed by atoms with van der Waals surface area (Å²) in [7, 11) is 0. The molecule has 0 spiro atoms. The van der Waals surface area contributed by atoms with E-state index in [-0.39, 0.29) is 24.3 Å². The number of aryl methyl sites for hydroxylation is 2. The first-order chi connectivity index (χ1) is 12.2. The molecule has 2 N–H and O–H groups in total. The van der Waals surface area contributed by atoms with Crippen molar-refractivity contribution in [2.24, 2.45) is 0 Å². The van der Waals surface area contributed by atoms with Gasteiger partial charge in [-0.05, 0) is 44.4 Å². The van der Waals surface area contributed by atoms with Crippen LogP contribution in [0.25, 0.3) is 0 Å². The van der Waals surface area contributed by atoms with Crippen LogP contribution in [-0.2, 0) is 23.8 Å². The lowest BCUT2D eigenvalue weighted by Crippen LogP contribution is -2.27. The minimum absolute atomic E-state index is 0.141. The lowest BCUT2D eigenvalue weighted by molar-refractivity contribution is -0.137. The van der Waals surface area contributed by atoms with Gasteiger partial charge in [0.25, 0.3) is 5.56 Å². The monoisotopic (exact) mass is 367 g/mol. The third-order valence-corrected chi connectivity index (χ3v) is 3.96. The zero-order chi connectivity index (χ0) is 19.3. The lowest BCUT2D eigenvalue weighted by Gasteiger charge is -2.09. The van der Waals surface area contributed by atoms with Crippen molar-refractivity contribution in [2.75, 3.05) is 6.54 Å². The average molecular weight is 367 g/mol. The van der Waals surface area contributed by atoms with E-state index in [9.17, 15) is 22.8 Å². The second-order valence-electron chi connectivity index (χ2n) is 6.01. The standard InChI is InChI=1S/C18H20F3N3O2/c1-11-15(17(26)24-12(2)23-11)7-8-16(25)22-10-9-13-3-5-14(6-4-13)18(19,20)21/h3-6H,7-10H2,1-2H3,(H,22,25)(H,23,24,26). The van der Waals surface area contributed by atoms with Crippen molar-refractivity contribution in [3.05, 3.63) is 62.8 Å². The van der Waals surface area contributed by atoms with E-state index in [1.165, 1.54) is 12.1 Å². The molecule has 0 saturated heterocycles. The number of halogens is 3. The van der Waals surface area contributed by atoms with Crippen molar-refractivity contribution in [2.45, 2.75) is 39.3 Å². The molecule has 2 rings (SSSR count). The number of hydrogen-bond donors (Lipinski definition) is 2. The number of benzene rings is 1. The number of aromatic amines is 1. The highest BCUT2D eigenvalue weighted by atomic mass is 19.4. The van der Waals surface area contributed by atoms with Gasteiger partial charge < -0.3 is 10.3 Å². The van der Waals surface area contributed by atoms with E-state index in [4.69, 9.17) is 0 Å². The van der Waals surface area contributed by atoms with E-state index in [0.717, 1.165) is 12.1 Å². The Kier molecular flexibility index (Phi) is 6.18. The molecule has 0 bridgehead atoms. The average Bonchev–Trinajstić information content (AvgIpc) is 2.53. The number of H-pyrrole nitrogens is 1. The molecule has 1 aromatic carbocycles. The number of nitrogens with zero attached hydrogens (tertiary/aromatic N) is 1. The lowest BCUT2D eigenvalue weighted by atomic mass is 10.1. The minimum Gasteiger partial charge on any atom is -0.356 e. The molecule has 1 amide bonds. The Morgan fingerprint density at radius 2 is 1.81 bits per heavy atom.